The fourth-order valence-electron chi connectivity index (χ4n) is 2.63. The summed E-state index contributed by atoms with van der Waals surface area (Å²) in [5.74, 6) is -0.0757. The summed E-state index contributed by atoms with van der Waals surface area (Å²) in [7, 11) is 1.52. The monoisotopic (exact) mass is 368 g/mol. The van der Waals surface area contributed by atoms with Crippen molar-refractivity contribution in [1.82, 2.24) is 4.90 Å². The average Bonchev–Trinajstić information content (AvgIpc) is 2.71. The molecule has 2 aromatic carbocycles. The maximum absolute atomic E-state index is 12.4. The number of carbonyl (C=O) groups excluding carboxylic acids is 3. The number of anilines is 1. The summed E-state index contributed by atoms with van der Waals surface area (Å²) >= 11 is 0. The third-order valence-electron chi connectivity index (χ3n) is 4.11. The van der Waals surface area contributed by atoms with Crippen LogP contribution in [0.4, 0.5) is 5.69 Å². The Balaban J connectivity index is 1.88. The zero-order valence-electron chi connectivity index (χ0n) is 15.6. The van der Waals surface area contributed by atoms with Crippen LogP contribution in [-0.4, -0.2) is 42.7 Å². The van der Waals surface area contributed by atoms with Crippen molar-refractivity contribution >= 4 is 23.3 Å². The van der Waals surface area contributed by atoms with E-state index in [0.29, 0.717) is 23.5 Å². The zero-order chi connectivity index (χ0) is 19.6. The summed E-state index contributed by atoms with van der Waals surface area (Å²) < 4.78 is 5.20. The molecule has 0 fully saturated rings. The SMILES string of the molecule is CCN(CC(=O)Nc1ccccc1OC)C(=O)CCC(=O)c1ccccc1. The number of ketones is 1. The van der Waals surface area contributed by atoms with Crippen molar-refractivity contribution in [3.63, 3.8) is 0 Å². The van der Waals surface area contributed by atoms with E-state index in [1.165, 1.54) is 12.0 Å². The number of hydrogen-bond acceptors (Lipinski definition) is 4. The van der Waals surface area contributed by atoms with Crippen LogP contribution in [0.5, 0.6) is 5.75 Å². The topological polar surface area (TPSA) is 75.7 Å². The molecular formula is C21H24N2O4. The normalized spacial score (nSPS) is 10.1. The Bertz CT molecular complexity index is 790. The number of likely N-dealkylation sites (N-methyl/N-ethyl adjacent to an activating group) is 1. The van der Waals surface area contributed by atoms with Crippen LogP contribution >= 0.6 is 0 Å². The van der Waals surface area contributed by atoms with Crippen LogP contribution in [0.2, 0.25) is 0 Å². The van der Waals surface area contributed by atoms with Crippen LogP contribution in [0.3, 0.4) is 0 Å². The highest BCUT2D eigenvalue weighted by molar-refractivity contribution is 5.99. The minimum Gasteiger partial charge on any atom is -0.495 e. The van der Waals surface area contributed by atoms with Gasteiger partial charge in [-0.3, -0.25) is 14.4 Å². The average molecular weight is 368 g/mol. The van der Waals surface area contributed by atoms with E-state index < -0.39 is 0 Å². The van der Waals surface area contributed by atoms with Gasteiger partial charge in [0.15, 0.2) is 5.78 Å². The maximum Gasteiger partial charge on any atom is 0.244 e. The van der Waals surface area contributed by atoms with E-state index in [-0.39, 0.29) is 37.0 Å². The first-order chi connectivity index (χ1) is 13.0. The van der Waals surface area contributed by atoms with Crippen molar-refractivity contribution in [2.45, 2.75) is 19.8 Å². The van der Waals surface area contributed by atoms with Crippen molar-refractivity contribution in [3.8, 4) is 5.75 Å². The molecule has 6 heteroatoms. The molecule has 0 aliphatic heterocycles. The van der Waals surface area contributed by atoms with Crippen LogP contribution in [0.25, 0.3) is 0 Å². The molecule has 0 saturated carbocycles. The molecule has 0 unspecified atom stereocenters. The summed E-state index contributed by atoms with van der Waals surface area (Å²) in [4.78, 5) is 38.2. The molecular weight excluding hydrogens is 344 g/mol. The highest BCUT2D eigenvalue weighted by atomic mass is 16.5. The van der Waals surface area contributed by atoms with Crippen molar-refractivity contribution in [2.24, 2.45) is 0 Å². The Morgan fingerprint density at radius 2 is 1.63 bits per heavy atom. The molecule has 6 nitrogen and oxygen atoms in total. The number of benzene rings is 2. The van der Waals surface area contributed by atoms with E-state index in [2.05, 4.69) is 5.32 Å². The van der Waals surface area contributed by atoms with E-state index in [4.69, 9.17) is 4.74 Å². The van der Waals surface area contributed by atoms with Crippen molar-refractivity contribution in [3.05, 3.63) is 60.2 Å². The molecule has 0 bridgehead atoms. The van der Waals surface area contributed by atoms with Crippen LogP contribution < -0.4 is 10.1 Å². The Labute approximate surface area is 159 Å². The van der Waals surface area contributed by atoms with Gasteiger partial charge in [0.2, 0.25) is 11.8 Å². The molecule has 0 aliphatic carbocycles. The number of carbonyl (C=O) groups is 3. The molecule has 0 atom stereocenters. The predicted molar refractivity (Wildman–Crippen MR) is 104 cm³/mol. The second kappa shape index (κ2) is 10.1. The summed E-state index contributed by atoms with van der Waals surface area (Å²) in [6.45, 7) is 2.11. The number of para-hydroxylation sites is 2. The maximum atomic E-state index is 12.4. The molecule has 0 aromatic heterocycles. The molecule has 1 N–H and O–H groups in total. The van der Waals surface area contributed by atoms with Crippen molar-refractivity contribution in [2.75, 3.05) is 25.5 Å². The molecule has 2 aromatic rings. The molecule has 2 amide bonds. The van der Waals surface area contributed by atoms with Gasteiger partial charge < -0.3 is 15.0 Å². The standard InChI is InChI=1S/C21H24N2O4/c1-3-23(15-20(25)22-17-11-7-8-12-19(17)27-2)21(26)14-13-18(24)16-9-5-4-6-10-16/h4-12H,3,13-15H2,1-2H3,(H,22,25). The summed E-state index contributed by atoms with van der Waals surface area (Å²) in [6, 6.07) is 15.9. The molecule has 0 spiro atoms. The highest BCUT2D eigenvalue weighted by Gasteiger charge is 2.18. The molecule has 0 saturated heterocycles. The number of Topliss-reactive ketones (excluding diaryl/α,β-unsaturated/α-hetero) is 1. The Hall–Kier alpha value is -3.15. The second-order valence-corrected chi connectivity index (χ2v) is 5.95. The number of nitrogens with zero attached hydrogens (tertiary/aromatic N) is 1. The predicted octanol–water partition coefficient (Wildman–Crippen LogP) is 3.15. The molecule has 0 aliphatic rings. The van der Waals surface area contributed by atoms with Crippen molar-refractivity contribution < 1.29 is 19.1 Å². The largest absolute Gasteiger partial charge is 0.495 e. The van der Waals surface area contributed by atoms with E-state index in [1.54, 1.807) is 55.5 Å². The van der Waals surface area contributed by atoms with Gasteiger partial charge in [-0.05, 0) is 19.1 Å². The van der Waals surface area contributed by atoms with Crippen LogP contribution in [0.1, 0.15) is 30.1 Å². The van der Waals surface area contributed by atoms with Gasteiger partial charge in [-0.15, -0.1) is 0 Å². The lowest BCUT2D eigenvalue weighted by Crippen LogP contribution is -2.38. The first kappa shape index (κ1) is 20.2. The van der Waals surface area contributed by atoms with Crippen LogP contribution in [-0.2, 0) is 9.59 Å². The van der Waals surface area contributed by atoms with E-state index in [9.17, 15) is 14.4 Å². The fraction of sp³-hybridized carbons (Fsp3) is 0.286. The molecule has 2 rings (SSSR count). The Morgan fingerprint density at radius 3 is 2.30 bits per heavy atom. The number of nitrogens with one attached hydrogen (secondary N) is 1. The molecule has 0 heterocycles. The highest BCUT2D eigenvalue weighted by Crippen LogP contribution is 2.22. The van der Waals surface area contributed by atoms with E-state index >= 15 is 0 Å². The van der Waals surface area contributed by atoms with Gasteiger partial charge in [0.1, 0.15) is 5.75 Å². The minimum absolute atomic E-state index is 0.0729. The third-order valence-corrected chi connectivity index (χ3v) is 4.11. The molecule has 0 radical (unpaired) electrons. The number of hydrogen-bond donors (Lipinski definition) is 1. The van der Waals surface area contributed by atoms with Gasteiger partial charge >= 0.3 is 0 Å². The summed E-state index contributed by atoms with van der Waals surface area (Å²) in [6.07, 6.45) is 0.191. The minimum atomic E-state index is -0.316. The number of ether oxygens (including phenoxy) is 1. The fourth-order valence-corrected chi connectivity index (χ4v) is 2.63. The third kappa shape index (κ3) is 5.95. The van der Waals surface area contributed by atoms with Gasteiger partial charge in [-0.2, -0.15) is 0 Å². The number of methoxy groups -OCH3 is 1. The lowest BCUT2D eigenvalue weighted by Gasteiger charge is -2.20. The lowest BCUT2D eigenvalue weighted by atomic mass is 10.1. The van der Waals surface area contributed by atoms with Crippen LogP contribution in [0, 0.1) is 0 Å². The lowest BCUT2D eigenvalue weighted by molar-refractivity contribution is -0.134. The molecule has 142 valence electrons. The quantitative estimate of drug-likeness (QED) is 0.690. The Morgan fingerprint density at radius 1 is 0.963 bits per heavy atom. The number of rotatable bonds is 9. The molecule has 27 heavy (non-hydrogen) atoms. The van der Waals surface area contributed by atoms with Gasteiger partial charge in [0.25, 0.3) is 0 Å². The smallest absolute Gasteiger partial charge is 0.244 e. The first-order valence-electron chi connectivity index (χ1n) is 8.84. The van der Waals surface area contributed by atoms with Gasteiger partial charge in [-0.1, -0.05) is 42.5 Å². The van der Waals surface area contributed by atoms with E-state index in [0.717, 1.165) is 0 Å². The summed E-state index contributed by atoms with van der Waals surface area (Å²) in [5.41, 5.74) is 1.13. The number of amides is 2. The Kier molecular flexibility index (Phi) is 7.55. The first-order valence-corrected chi connectivity index (χ1v) is 8.84. The zero-order valence-corrected chi connectivity index (χ0v) is 15.6. The van der Waals surface area contributed by atoms with Crippen molar-refractivity contribution in [1.29, 1.82) is 0 Å². The van der Waals surface area contributed by atoms with Gasteiger partial charge in [-0.25, -0.2) is 0 Å². The van der Waals surface area contributed by atoms with Gasteiger partial charge in [0.05, 0.1) is 19.3 Å². The second-order valence-electron chi connectivity index (χ2n) is 5.95. The summed E-state index contributed by atoms with van der Waals surface area (Å²) in [5, 5.41) is 2.75. The van der Waals surface area contributed by atoms with Gasteiger partial charge in [0, 0.05) is 24.9 Å². The van der Waals surface area contributed by atoms with E-state index in [1.807, 2.05) is 6.07 Å². The van der Waals surface area contributed by atoms with Crippen LogP contribution in [0.15, 0.2) is 54.6 Å².